The quantitative estimate of drug-likeness (QED) is 0.714. The molecule has 132 valence electrons. The molecule has 0 saturated heterocycles. The monoisotopic (exact) mass is 359 g/mol. The van der Waals surface area contributed by atoms with Crippen molar-refractivity contribution in [1.82, 2.24) is 4.98 Å². The lowest BCUT2D eigenvalue weighted by Gasteiger charge is -2.11. The third-order valence-corrected chi connectivity index (χ3v) is 3.54. The van der Waals surface area contributed by atoms with E-state index in [1.165, 1.54) is 0 Å². The maximum atomic E-state index is 12.1. The number of halogens is 1. The van der Waals surface area contributed by atoms with Gasteiger partial charge >= 0.3 is 0 Å². The molecule has 1 heterocycles. The summed E-state index contributed by atoms with van der Waals surface area (Å²) >= 11 is 0. The number of hydrogen-bond acceptors (Lipinski definition) is 4. The van der Waals surface area contributed by atoms with Crippen molar-refractivity contribution < 1.29 is 9.21 Å². The Kier molecular flexibility index (Phi) is 5.69. The van der Waals surface area contributed by atoms with Crippen LogP contribution in [0.4, 0.5) is 11.4 Å². The zero-order chi connectivity index (χ0) is 17.2. The highest BCUT2D eigenvalue weighted by Crippen LogP contribution is 2.27. The molecule has 25 heavy (non-hydrogen) atoms. The number of rotatable bonds is 4. The molecule has 3 rings (SSSR count). The molecule has 1 amide bonds. The average Bonchev–Trinajstić information content (AvgIpc) is 2.97. The summed E-state index contributed by atoms with van der Waals surface area (Å²) in [5, 5.41) is 5.95. The van der Waals surface area contributed by atoms with Gasteiger partial charge in [-0.05, 0) is 30.3 Å². The fraction of sp³-hybridized carbons (Fsp3) is 0.263. The number of carbonyl (C=O) groups excluding carboxylic acids is 1. The first-order valence-corrected chi connectivity index (χ1v) is 7.92. The van der Waals surface area contributed by atoms with Crippen molar-refractivity contribution in [3.05, 3.63) is 54.4 Å². The fourth-order valence-corrected chi connectivity index (χ4v) is 2.27. The van der Waals surface area contributed by atoms with Gasteiger partial charge in [0.05, 0.1) is 6.54 Å². The van der Waals surface area contributed by atoms with Crippen molar-refractivity contribution in [2.75, 3.05) is 17.2 Å². The molecule has 0 bridgehead atoms. The summed E-state index contributed by atoms with van der Waals surface area (Å²) in [7, 11) is 0. The molecule has 2 N–H and O–H groups in total. The molecule has 1 aromatic heterocycles. The van der Waals surface area contributed by atoms with E-state index in [2.05, 4.69) is 36.4 Å². The maximum absolute atomic E-state index is 12.1. The lowest BCUT2D eigenvalue weighted by atomic mass is 9.97. The first kappa shape index (κ1) is 18.8. The molecule has 0 saturated carbocycles. The SMILES string of the molecule is CC(C)(C)c1nc2cc(NC(=O)CNc3ccccc3)ccc2o1.Cl. The molecule has 3 aromatic rings. The highest BCUT2D eigenvalue weighted by atomic mass is 35.5. The van der Waals surface area contributed by atoms with Gasteiger partial charge in [0, 0.05) is 16.8 Å². The van der Waals surface area contributed by atoms with E-state index in [0.717, 1.165) is 16.8 Å². The second-order valence-electron chi connectivity index (χ2n) is 6.72. The standard InChI is InChI=1S/C19H21N3O2.ClH/c1-19(2,3)18-22-15-11-14(9-10-16(15)24-18)21-17(23)12-20-13-7-5-4-6-8-13;/h4-11,20H,12H2,1-3H3,(H,21,23);1H. The smallest absolute Gasteiger partial charge is 0.243 e. The number of aromatic nitrogens is 1. The zero-order valence-corrected chi connectivity index (χ0v) is 15.3. The van der Waals surface area contributed by atoms with Crippen LogP contribution >= 0.6 is 12.4 Å². The highest BCUT2D eigenvalue weighted by Gasteiger charge is 2.21. The first-order valence-electron chi connectivity index (χ1n) is 7.92. The number of anilines is 2. The third-order valence-electron chi connectivity index (χ3n) is 3.54. The summed E-state index contributed by atoms with van der Waals surface area (Å²) in [5.41, 5.74) is 2.93. The summed E-state index contributed by atoms with van der Waals surface area (Å²) in [4.78, 5) is 16.6. The summed E-state index contributed by atoms with van der Waals surface area (Å²) in [5.74, 6) is 0.574. The topological polar surface area (TPSA) is 67.2 Å². The van der Waals surface area contributed by atoms with E-state index in [9.17, 15) is 4.79 Å². The van der Waals surface area contributed by atoms with Gasteiger partial charge in [0.25, 0.3) is 0 Å². The molecule has 0 aliphatic carbocycles. The highest BCUT2D eigenvalue weighted by molar-refractivity contribution is 5.95. The van der Waals surface area contributed by atoms with Crippen LogP contribution < -0.4 is 10.6 Å². The van der Waals surface area contributed by atoms with E-state index < -0.39 is 0 Å². The molecule has 0 atom stereocenters. The number of carbonyl (C=O) groups is 1. The number of para-hydroxylation sites is 1. The summed E-state index contributed by atoms with van der Waals surface area (Å²) in [6.45, 7) is 6.36. The first-order chi connectivity index (χ1) is 11.4. The molecule has 2 aromatic carbocycles. The minimum atomic E-state index is -0.151. The van der Waals surface area contributed by atoms with Gasteiger partial charge in [0.2, 0.25) is 11.8 Å². The molecular formula is C19H22ClN3O2. The van der Waals surface area contributed by atoms with E-state index in [-0.39, 0.29) is 30.3 Å². The van der Waals surface area contributed by atoms with E-state index in [1.54, 1.807) is 0 Å². The number of nitrogens with zero attached hydrogens (tertiary/aromatic N) is 1. The number of fused-ring (bicyclic) bond motifs is 1. The molecule has 0 aliphatic rings. The Balaban J connectivity index is 0.00000225. The van der Waals surface area contributed by atoms with Crippen molar-refractivity contribution >= 4 is 40.8 Å². The number of amides is 1. The molecule has 5 nitrogen and oxygen atoms in total. The van der Waals surface area contributed by atoms with E-state index in [4.69, 9.17) is 4.42 Å². The van der Waals surface area contributed by atoms with Crippen molar-refractivity contribution in [3.8, 4) is 0 Å². The summed E-state index contributed by atoms with van der Waals surface area (Å²) < 4.78 is 5.76. The zero-order valence-electron chi connectivity index (χ0n) is 14.5. The molecule has 0 fully saturated rings. The van der Waals surface area contributed by atoms with Crippen LogP contribution in [-0.2, 0) is 10.2 Å². The lowest BCUT2D eigenvalue weighted by molar-refractivity contribution is -0.114. The largest absolute Gasteiger partial charge is 0.440 e. The van der Waals surface area contributed by atoms with Gasteiger partial charge in [-0.25, -0.2) is 4.98 Å². The molecule has 0 aliphatic heterocycles. The molecule has 0 radical (unpaired) electrons. The second-order valence-corrected chi connectivity index (χ2v) is 6.72. The van der Waals surface area contributed by atoms with Crippen molar-refractivity contribution in [2.24, 2.45) is 0 Å². The van der Waals surface area contributed by atoms with Crippen LogP contribution in [0, 0.1) is 0 Å². The second kappa shape index (κ2) is 7.57. The number of nitrogens with one attached hydrogen (secondary N) is 2. The molecule has 0 unspecified atom stereocenters. The predicted molar refractivity (Wildman–Crippen MR) is 104 cm³/mol. The Hall–Kier alpha value is -2.53. The predicted octanol–water partition coefficient (Wildman–Crippen LogP) is 4.60. The molecule has 6 heteroatoms. The van der Waals surface area contributed by atoms with E-state index in [1.807, 2.05) is 48.5 Å². The van der Waals surface area contributed by atoms with Gasteiger partial charge in [0.15, 0.2) is 5.58 Å². The number of oxazole rings is 1. The van der Waals surface area contributed by atoms with E-state index in [0.29, 0.717) is 11.6 Å². The number of benzene rings is 2. The van der Waals surface area contributed by atoms with Crippen LogP contribution in [0.1, 0.15) is 26.7 Å². The van der Waals surface area contributed by atoms with Crippen LogP contribution in [0.3, 0.4) is 0 Å². The van der Waals surface area contributed by atoms with Crippen LogP contribution in [0.25, 0.3) is 11.1 Å². The normalized spacial score (nSPS) is 11.0. The molecular weight excluding hydrogens is 338 g/mol. The van der Waals surface area contributed by atoms with Crippen molar-refractivity contribution in [2.45, 2.75) is 26.2 Å². The van der Waals surface area contributed by atoms with Crippen LogP contribution in [-0.4, -0.2) is 17.4 Å². The van der Waals surface area contributed by atoms with Crippen molar-refractivity contribution in [1.29, 1.82) is 0 Å². The minimum absolute atomic E-state index is 0. The summed E-state index contributed by atoms with van der Waals surface area (Å²) in [6.07, 6.45) is 0. The minimum Gasteiger partial charge on any atom is -0.440 e. The van der Waals surface area contributed by atoms with Crippen LogP contribution in [0.2, 0.25) is 0 Å². The van der Waals surface area contributed by atoms with E-state index >= 15 is 0 Å². The molecule has 0 spiro atoms. The van der Waals surface area contributed by atoms with Crippen LogP contribution in [0.15, 0.2) is 52.9 Å². The van der Waals surface area contributed by atoms with Crippen LogP contribution in [0.5, 0.6) is 0 Å². The maximum Gasteiger partial charge on any atom is 0.243 e. The Morgan fingerprint density at radius 3 is 2.48 bits per heavy atom. The Bertz CT molecular complexity index is 854. The Morgan fingerprint density at radius 1 is 1.08 bits per heavy atom. The Labute approximate surface area is 153 Å². The fourth-order valence-electron chi connectivity index (χ4n) is 2.27. The lowest BCUT2D eigenvalue weighted by Crippen LogP contribution is -2.21. The van der Waals surface area contributed by atoms with Gasteiger partial charge in [-0.2, -0.15) is 0 Å². The van der Waals surface area contributed by atoms with Gasteiger partial charge < -0.3 is 15.1 Å². The van der Waals surface area contributed by atoms with Gasteiger partial charge in [-0.1, -0.05) is 39.0 Å². The average molecular weight is 360 g/mol. The third kappa shape index (κ3) is 4.73. The van der Waals surface area contributed by atoms with Gasteiger partial charge in [-0.3, -0.25) is 4.79 Å². The van der Waals surface area contributed by atoms with Gasteiger partial charge in [0.1, 0.15) is 5.52 Å². The number of hydrogen-bond donors (Lipinski definition) is 2. The van der Waals surface area contributed by atoms with Crippen molar-refractivity contribution in [3.63, 3.8) is 0 Å². The Morgan fingerprint density at radius 2 is 1.80 bits per heavy atom. The van der Waals surface area contributed by atoms with Gasteiger partial charge in [-0.15, -0.1) is 12.4 Å². The summed E-state index contributed by atoms with van der Waals surface area (Å²) in [6, 6.07) is 15.1.